The van der Waals surface area contributed by atoms with Crippen molar-refractivity contribution in [2.75, 3.05) is 13.1 Å². The fourth-order valence-electron chi connectivity index (χ4n) is 2.15. The van der Waals surface area contributed by atoms with Crippen LogP contribution in [-0.4, -0.2) is 29.1 Å². The van der Waals surface area contributed by atoms with Crippen molar-refractivity contribution in [1.82, 2.24) is 4.90 Å². The van der Waals surface area contributed by atoms with E-state index in [9.17, 15) is 4.79 Å². The lowest BCUT2D eigenvalue weighted by atomic mass is 10.1. The van der Waals surface area contributed by atoms with Crippen molar-refractivity contribution in [1.29, 1.82) is 0 Å². The lowest BCUT2D eigenvalue weighted by molar-refractivity contribution is -0.131. The van der Waals surface area contributed by atoms with E-state index in [0.29, 0.717) is 0 Å². The number of rotatable bonds is 8. The standard InChI is InChI=1S/C16H23NO2/c1-3-11-17(12-4-2)13-15-8-6-5-7-14(15)9-10-16(18)19/h5-10H,3-4,11-13H2,1-2H3,(H,18,19). The number of carboxylic acids is 1. The third-order valence-electron chi connectivity index (χ3n) is 2.93. The first-order valence-electron chi connectivity index (χ1n) is 6.88. The smallest absolute Gasteiger partial charge is 0.328 e. The SMILES string of the molecule is CCCN(CCC)Cc1ccccc1C=CC(=O)O. The second-order valence-electron chi connectivity index (χ2n) is 4.65. The Morgan fingerprint density at radius 1 is 1.21 bits per heavy atom. The Bertz CT molecular complexity index is 421. The zero-order valence-corrected chi connectivity index (χ0v) is 11.8. The maximum absolute atomic E-state index is 10.6. The number of nitrogens with zero attached hydrogens (tertiary/aromatic N) is 1. The van der Waals surface area contributed by atoms with E-state index in [4.69, 9.17) is 5.11 Å². The third-order valence-corrected chi connectivity index (χ3v) is 2.93. The van der Waals surface area contributed by atoms with Crippen LogP contribution in [-0.2, 0) is 11.3 Å². The molecule has 0 aromatic heterocycles. The van der Waals surface area contributed by atoms with Crippen LogP contribution in [0.25, 0.3) is 6.08 Å². The van der Waals surface area contributed by atoms with E-state index in [1.807, 2.05) is 18.2 Å². The van der Waals surface area contributed by atoms with Gasteiger partial charge in [-0.3, -0.25) is 4.90 Å². The molecule has 1 aromatic rings. The monoisotopic (exact) mass is 261 g/mol. The molecule has 0 heterocycles. The minimum Gasteiger partial charge on any atom is -0.478 e. The van der Waals surface area contributed by atoms with Crippen molar-refractivity contribution in [2.45, 2.75) is 33.2 Å². The highest BCUT2D eigenvalue weighted by molar-refractivity contribution is 5.85. The Balaban J connectivity index is 2.83. The highest BCUT2D eigenvalue weighted by Crippen LogP contribution is 2.14. The molecule has 3 heteroatoms. The lowest BCUT2D eigenvalue weighted by Crippen LogP contribution is -2.25. The van der Waals surface area contributed by atoms with Crippen LogP contribution in [0.5, 0.6) is 0 Å². The molecule has 0 bridgehead atoms. The molecule has 0 aliphatic heterocycles. The number of benzene rings is 1. The predicted molar refractivity (Wildman–Crippen MR) is 79.0 cm³/mol. The largest absolute Gasteiger partial charge is 0.478 e. The topological polar surface area (TPSA) is 40.5 Å². The van der Waals surface area contributed by atoms with E-state index in [1.165, 1.54) is 11.6 Å². The summed E-state index contributed by atoms with van der Waals surface area (Å²) in [5, 5.41) is 8.72. The van der Waals surface area contributed by atoms with Crippen molar-refractivity contribution in [3.63, 3.8) is 0 Å². The summed E-state index contributed by atoms with van der Waals surface area (Å²) in [5.41, 5.74) is 2.17. The van der Waals surface area contributed by atoms with Gasteiger partial charge in [0, 0.05) is 12.6 Å². The van der Waals surface area contributed by atoms with Crippen LogP contribution in [0.3, 0.4) is 0 Å². The van der Waals surface area contributed by atoms with Gasteiger partial charge in [-0.25, -0.2) is 4.79 Å². The van der Waals surface area contributed by atoms with Gasteiger partial charge < -0.3 is 5.11 Å². The van der Waals surface area contributed by atoms with Gasteiger partial charge in [-0.1, -0.05) is 38.1 Å². The Labute approximate surface area is 115 Å². The summed E-state index contributed by atoms with van der Waals surface area (Å²) in [7, 11) is 0. The lowest BCUT2D eigenvalue weighted by Gasteiger charge is -2.22. The Morgan fingerprint density at radius 3 is 2.42 bits per heavy atom. The first-order chi connectivity index (χ1) is 9.17. The van der Waals surface area contributed by atoms with Gasteiger partial charge in [0.1, 0.15) is 0 Å². The average Bonchev–Trinajstić information content (AvgIpc) is 2.38. The van der Waals surface area contributed by atoms with Gasteiger partial charge in [0.05, 0.1) is 0 Å². The minimum absolute atomic E-state index is 0.877. The summed E-state index contributed by atoms with van der Waals surface area (Å²) in [6.45, 7) is 7.38. The van der Waals surface area contributed by atoms with Crippen molar-refractivity contribution in [3.05, 3.63) is 41.5 Å². The molecule has 0 saturated heterocycles. The molecule has 1 aromatic carbocycles. The Hall–Kier alpha value is -1.61. The second kappa shape index (κ2) is 8.48. The van der Waals surface area contributed by atoms with Gasteiger partial charge in [-0.2, -0.15) is 0 Å². The van der Waals surface area contributed by atoms with Gasteiger partial charge in [0.15, 0.2) is 0 Å². The maximum atomic E-state index is 10.6. The van der Waals surface area contributed by atoms with Crippen LogP contribution in [0.4, 0.5) is 0 Å². The van der Waals surface area contributed by atoms with E-state index in [2.05, 4.69) is 24.8 Å². The molecule has 0 saturated carbocycles. The molecule has 0 amide bonds. The molecule has 0 unspecified atom stereocenters. The summed E-state index contributed by atoms with van der Waals surface area (Å²) in [4.78, 5) is 13.0. The van der Waals surface area contributed by atoms with Crippen LogP contribution < -0.4 is 0 Å². The number of aliphatic carboxylic acids is 1. The summed E-state index contributed by atoms with van der Waals surface area (Å²) >= 11 is 0. The summed E-state index contributed by atoms with van der Waals surface area (Å²) in [6, 6.07) is 7.98. The van der Waals surface area contributed by atoms with Crippen LogP contribution in [0.2, 0.25) is 0 Å². The average molecular weight is 261 g/mol. The number of carboxylic acid groups (broad SMARTS) is 1. The van der Waals surface area contributed by atoms with Crippen LogP contribution in [0.15, 0.2) is 30.3 Å². The van der Waals surface area contributed by atoms with Gasteiger partial charge >= 0.3 is 5.97 Å². The van der Waals surface area contributed by atoms with E-state index in [1.54, 1.807) is 6.08 Å². The Kier molecular flexibility index (Phi) is 6.90. The maximum Gasteiger partial charge on any atom is 0.328 e. The minimum atomic E-state index is -0.909. The van der Waals surface area contributed by atoms with Gasteiger partial charge in [0.2, 0.25) is 0 Å². The zero-order valence-electron chi connectivity index (χ0n) is 11.8. The number of hydrogen-bond donors (Lipinski definition) is 1. The first kappa shape index (κ1) is 15.4. The summed E-state index contributed by atoms with van der Waals surface area (Å²) < 4.78 is 0. The van der Waals surface area contributed by atoms with E-state index >= 15 is 0 Å². The molecule has 19 heavy (non-hydrogen) atoms. The molecule has 0 aliphatic rings. The number of carbonyl (C=O) groups is 1. The zero-order chi connectivity index (χ0) is 14.1. The Morgan fingerprint density at radius 2 is 1.84 bits per heavy atom. The molecule has 0 atom stereocenters. The van der Waals surface area contributed by atoms with Crippen molar-refractivity contribution in [2.24, 2.45) is 0 Å². The normalized spacial score (nSPS) is 11.3. The van der Waals surface area contributed by atoms with Crippen LogP contribution >= 0.6 is 0 Å². The van der Waals surface area contributed by atoms with E-state index in [0.717, 1.165) is 38.0 Å². The molecule has 0 aliphatic carbocycles. The molecule has 3 nitrogen and oxygen atoms in total. The summed E-state index contributed by atoms with van der Waals surface area (Å²) in [6.07, 6.45) is 5.14. The molecule has 104 valence electrons. The molecular formula is C16H23NO2. The van der Waals surface area contributed by atoms with Crippen molar-refractivity contribution < 1.29 is 9.90 Å². The molecule has 0 spiro atoms. The number of hydrogen-bond acceptors (Lipinski definition) is 2. The molecular weight excluding hydrogens is 238 g/mol. The molecule has 1 N–H and O–H groups in total. The van der Waals surface area contributed by atoms with Gasteiger partial charge in [0.25, 0.3) is 0 Å². The predicted octanol–water partition coefficient (Wildman–Crippen LogP) is 3.41. The third kappa shape index (κ3) is 5.71. The summed E-state index contributed by atoms with van der Waals surface area (Å²) in [5.74, 6) is -0.909. The second-order valence-corrected chi connectivity index (χ2v) is 4.65. The van der Waals surface area contributed by atoms with E-state index < -0.39 is 5.97 Å². The highest BCUT2D eigenvalue weighted by atomic mass is 16.4. The molecule has 1 rings (SSSR count). The fraction of sp³-hybridized carbons (Fsp3) is 0.438. The molecule has 0 fully saturated rings. The fourth-order valence-corrected chi connectivity index (χ4v) is 2.15. The highest BCUT2D eigenvalue weighted by Gasteiger charge is 2.06. The van der Waals surface area contributed by atoms with E-state index in [-0.39, 0.29) is 0 Å². The quantitative estimate of drug-likeness (QED) is 0.729. The first-order valence-corrected chi connectivity index (χ1v) is 6.88. The van der Waals surface area contributed by atoms with Crippen LogP contribution in [0.1, 0.15) is 37.8 Å². The molecule has 0 radical (unpaired) electrons. The van der Waals surface area contributed by atoms with Gasteiger partial charge in [-0.15, -0.1) is 0 Å². The van der Waals surface area contributed by atoms with Gasteiger partial charge in [-0.05, 0) is 43.1 Å². The van der Waals surface area contributed by atoms with Crippen molar-refractivity contribution in [3.8, 4) is 0 Å². The van der Waals surface area contributed by atoms with Crippen molar-refractivity contribution >= 4 is 12.0 Å². The van der Waals surface area contributed by atoms with Crippen LogP contribution in [0, 0.1) is 0 Å².